The summed E-state index contributed by atoms with van der Waals surface area (Å²) in [5, 5.41) is 14.8. The van der Waals surface area contributed by atoms with Crippen LogP contribution in [0.1, 0.15) is 12.0 Å². The van der Waals surface area contributed by atoms with Crippen LogP contribution >= 0.6 is 0 Å². The lowest BCUT2D eigenvalue weighted by Gasteiger charge is -2.19. The van der Waals surface area contributed by atoms with E-state index in [4.69, 9.17) is 19.8 Å². The summed E-state index contributed by atoms with van der Waals surface area (Å²) in [6.07, 6.45) is 5.07. The lowest BCUT2D eigenvalue weighted by molar-refractivity contribution is -0.159. The molecular formula is C14H21N3O4. The first-order valence-electron chi connectivity index (χ1n) is 6.75. The van der Waals surface area contributed by atoms with E-state index in [-0.39, 0.29) is 0 Å². The van der Waals surface area contributed by atoms with Crippen molar-refractivity contribution in [2.24, 2.45) is 0 Å². The second-order valence-electron chi connectivity index (χ2n) is 4.90. The molecular weight excluding hydrogens is 274 g/mol. The van der Waals surface area contributed by atoms with Crippen LogP contribution in [0.2, 0.25) is 0 Å². The second-order valence-corrected chi connectivity index (χ2v) is 4.90. The number of carboxylic acid groups (broad SMARTS) is 2. The van der Waals surface area contributed by atoms with Crippen LogP contribution in [0, 0.1) is 0 Å². The third kappa shape index (κ3) is 7.38. The van der Waals surface area contributed by atoms with Gasteiger partial charge < -0.3 is 15.1 Å². The molecule has 0 amide bonds. The third-order valence-electron chi connectivity index (χ3n) is 3.12. The molecule has 0 unspecified atom stereocenters. The Bertz CT molecular complexity index is 441. The lowest BCUT2D eigenvalue weighted by Crippen LogP contribution is -2.28. The van der Waals surface area contributed by atoms with Crippen molar-refractivity contribution < 1.29 is 19.8 Å². The zero-order valence-corrected chi connectivity index (χ0v) is 12.1. The quantitative estimate of drug-likeness (QED) is 0.761. The lowest BCUT2D eigenvalue weighted by atomic mass is 10.2. The van der Waals surface area contributed by atoms with Gasteiger partial charge in [0, 0.05) is 32.0 Å². The Labute approximate surface area is 123 Å². The normalized spacial score (nSPS) is 16.4. The van der Waals surface area contributed by atoms with Gasteiger partial charge in [0.05, 0.1) is 0 Å². The van der Waals surface area contributed by atoms with Gasteiger partial charge in [0.2, 0.25) is 0 Å². The van der Waals surface area contributed by atoms with Gasteiger partial charge in [-0.1, -0.05) is 6.07 Å². The topological polar surface area (TPSA) is 94.0 Å². The van der Waals surface area contributed by atoms with E-state index >= 15 is 0 Å². The van der Waals surface area contributed by atoms with Crippen LogP contribution in [0.15, 0.2) is 24.5 Å². The Morgan fingerprint density at radius 2 is 1.90 bits per heavy atom. The summed E-state index contributed by atoms with van der Waals surface area (Å²) in [4.78, 5) is 27.3. The number of likely N-dealkylation sites (N-methyl/N-ethyl adjacent to an activating group) is 1. The summed E-state index contributed by atoms with van der Waals surface area (Å²) in [5.41, 5.74) is 1.32. The number of aliphatic carboxylic acids is 2. The highest BCUT2D eigenvalue weighted by Gasteiger charge is 2.11. The van der Waals surface area contributed by atoms with Gasteiger partial charge in [-0.05, 0) is 38.2 Å². The minimum Gasteiger partial charge on any atom is -0.473 e. The van der Waals surface area contributed by atoms with Gasteiger partial charge >= 0.3 is 11.9 Å². The molecule has 1 aliphatic heterocycles. The van der Waals surface area contributed by atoms with Crippen molar-refractivity contribution in [3.63, 3.8) is 0 Å². The zero-order valence-electron chi connectivity index (χ0n) is 12.1. The average Bonchev–Trinajstić information content (AvgIpc) is 2.65. The second kappa shape index (κ2) is 9.04. The van der Waals surface area contributed by atoms with E-state index in [0.717, 1.165) is 6.54 Å². The van der Waals surface area contributed by atoms with Crippen LogP contribution in [-0.2, 0) is 16.1 Å². The molecule has 2 N–H and O–H groups in total. The van der Waals surface area contributed by atoms with Crippen molar-refractivity contribution in [3.8, 4) is 0 Å². The molecule has 2 heterocycles. The Morgan fingerprint density at radius 1 is 1.19 bits per heavy atom. The highest BCUT2D eigenvalue weighted by Crippen LogP contribution is 2.06. The number of pyridine rings is 1. The molecule has 21 heavy (non-hydrogen) atoms. The largest absolute Gasteiger partial charge is 0.473 e. The molecule has 1 aromatic heterocycles. The number of carbonyl (C=O) groups is 2. The smallest absolute Gasteiger partial charge is 0.414 e. The minimum atomic E-state index is -1.82. The molecule has 116 valence electrons. The van der Waals surface area contributed by atoms with Crippen molar-refractivity contribution in [1.82, 2.24) is 14.8 Å². The van der Waals surface area contributed by atoms with Crippen LogP contribution in [0.4, 0.5) is 0 Å². The molecule has 0 atom stereocenters. The summed E-state index contributed by atoms with van der Waals surface area (Å²) in [7, 11) is 2.20. The number of hydrogen-bond acceptors (Lipinski definition) is 5. The van der Waals surface area contributed by atoms with Crippen LogP contribution in [0.25, 0.3) is 0 Å². The summed E-state index contributed by atoms with van der Waals surface area (Å²) >= 11 is 0. The summed E-state index contributed by atoms with van der Waals surface area (Å²) in [6.45, 7) is 5.83. The van der Waals surface area contributed by atoms with Crippen molar-refractivity contribution in [2.45, 2.75) is 13.0 Å². The molecule has 1 saturated heterocycles. The van der Waals surface area contributed by atoms with E-state index in [1.54, 1.807) is 0 Å². The van der Waals surface area contributed by atoms with E-state index in [9.17, 15) is 0 Å². The Morgan fingerprint density at radius 3 is 2.48 bits per heavy atom. The molecule has 0 bridgehead atoms. The Kier molecular flexibility index (Phi) is 7.34. The number of hydrogen-bond donors (Lipinski definition) is 2. The molecule has 0 aromatic carbocycles. The molecule has 0 radical (unpaired) electrons. The Hall–Kier alpha value is -1.99. The molecule has 7 nitrogen and oxygen atoms in total. The monoisotopic (exact) mass is 295 g/mol. The van der Waals surface area contributed by atoms with Crippen LogP contribution in [-0.4, -0.2) is 70.2 Å². The number of aromatic nitrogens is 1. The fraction of sp³-hybridized carbons (Fsp3) is 0.500. The van der Waals surface area contributed by atoms with Crippen molar-refractivity contribution in [3.05, 3.63) is 30.1 Å². The first kappa shape index (κ1) is 17.1. The number of rotatable bonds is 2. The van der Waals surface area contributed by atoms with Crippen molar-refractivity contribution in [1.29, 1.82) is 0 Å². The van der Waals surface area contributed by atoms with E-state index < -0.39 is 11.9 Å². The van der Waals surface area contributed by atoms with Crippen LogP contribution < -0.4 is 0 Å². The number of carboxylic acids is 2. The Balaban J connectivity index is 0.000000315. The standard InChI is InChI=1S/C12H19N3.C2H2O4/c1-14-6-3-7-15(9-8-14)11-12-4-2-5-13-10-12;3-1(4)2(5)6/h2,4-5,10H,3,6-9,11H2,1H3;(H,3,4)(H,5,6). The summed E-state index contributed by atoms with van der Waals surface area (Å²) in [6, 6.07) is 4.17. The zero-order chi connectivity index (χ0) is 15.7. The summed E-state index contributed by atoms with van der Waals surface area (Å²) in [5.74, 6) is -3.65. The van der Waals surface area contributed by atoms with E-state index in [0.29, 0.717) is 0 Å². The van der Waals surface area contributed by atoms with Crippen molar-refractivity contribution >= 4 is 11.9 Å². The minimum absolute atomic E-state index is 1.04. The highest BCUT2D eigenvalue weighted by molar-refractivity contribution is 6.27. The predicted molar refractivity (Wildman–Crippen MR) is 76.9 cm³/mol. The average molecular weight is 295 g/mol. The van der Waals surface area contributed by atoms with Gasteiger partial charge in [-0.3, -0.25) is 9.88 Å². The van der Waals surface area contributed by atoms with Gasteiger partial charge in [-0.25, -0.2) is 9.59 Å². The van der Waals surface area contributed by atoms with Gasteiger partial charge in [0.1, 0.15) is 0 Å². The van der Waals surface area contributed by atoms with E-state index in [1.807, 2.05) is 18.5 Å². The molecule has 2 rings (SSSR count). The van der Waals surface area contributed by atoms with Crippen LogP contribution in [0.3, 0.4) is 0 Å². The predicted octanol–water partition coefficient (Wildman–Crippen LogP) is 0.375. The fourth-order valence-corrected chi connectivity index (χ4v) is 2.01. The third-order valence-corrected chi connectivity index (χ3v) is 3.12. The van der Waals surface area contributed by atoms with Crippen LogP contribution in [0.5, 0.6) is 0 Å². The molecule has 0 aliphatic carbocycles. The van der Waals surface area contributed by atoms with Gasteiger partial charge in [-0.15, -0.1) is 0 Å². The SMILES string of the molecule is CN1CCCN(Cc2cccnc2)CC1.O=C(O)C(=O)O. The highest BCUT2D eigenvalue weighted by atomic mass is 16.4. The van der Waals surface area contributed by atoms with Gasteiger partial charge in [0.25, 0.3) is 0 Å². The maximum Gasteiger partial charge on any atom is 0.414 e. The first-order chi connectivity index (χ1) is 9.99. The molecule has 1 aliphatic rings. The maximum atomic E-state index is 9.10. The van der Waals surface area contributed by atoms with Gasteiger partial charge in [0.15, 0.2) is 0 Å². The van der Waals surface area contributed by atoms with E-state index in [2.05, 4.69) is 27.9 Å². The molecule has 7 heteroatoms. The van der Waals surface area contributed by atoms with Crippen molar-refractivity contribution in [2.75, 3.05) is 33.2 Å². The maximum absolute atomic E-state index is 9.10. The van der Waals surface area contributed by atoms with E-state index in [1.165, 1.54) is 38.2 Å². The molecule has 0 saturated carbocycles. The molecule has 1 aromatic rings. The fourth-order valence-electron chi connectivity index (χ4n) is 2.01. The molecule has 1 fully saturated rings. The summed E-state index contributed by atoms with van der Waals surface area (Å²) < 4.78 is 0. The number of nitrogens with zero attached hydrogens (tertiary/aromatic N) is 3. The molecule has 0 spiro atoms. The van der Waals surface area contributed by atoms with Gasteiger partial charge in [-0.2, -0.15) is 0 Å². The first-order valence-corrected chi connectivity index (χ1v) is 6.75.